The van der Waals surface area contributed by atoms with Crippen LogP contribution in [0.15, 0.2) is 18.2 Å². The Morgan fingerprint density at radius 2 is 2.28 bits per heavy atom. The van der Waals surface area contributed by atoms with Crippen molar-refractivity contribution in [3.63, 3.8) is 0 Å². The number of carbonyl (C=O) groups is 1. The lowest BCUT2D eigenvalue weighted by molar-refractivity contribution is -0.147. The summed E-state index contributed by atoms with van der Waals surface area (Å²) in [7, 11) is 0. The first-order valence-corrected chi connectivity index (χ1v) is 5.88. The third-order valence-corrected chi connectivity index (χ3v) is 2.65. The fraction of sp³-hybridized carbons (Fsp3) is 0.462. The van der Waals surface area contributed by atoms with E-state index in [9.17, 15) is 4.79 Å². The van der Waals surface area contributed by atoms with E-state index in [2.05, 4.69) is 10.3 Å². The van der Waals surface area contributed by atoms with Crippen LogP contribution in [0.2, 0.25) is 0 Å². The Kier molecular flexibility index (Phi) is 5.12. The van der Waals surface area contributed by atoms with Gasteiger partial charge in [-0.15, -0.1) is 0 Å². The molecule has 0 saturated carbocycles. The Labute approximate surface area is 107 Å². The Morgan fingerprint density at radius 3 is 2.89 bits per heavy atom. The molecule has 1 heterocycles. The lowest BCUT2D eigenvalue weighted by atomic mass is 10.0. The van der Waals surface area contributed by atoms with Gasteiger partial charge in [-0.3, -0.25) is 4.79 Å². The van der Waals surface area contributed by atoms with Gasteiger partial charge in [0, 0.05) is 6.04 Å². The topological polar surface area (TPSA) is 75.0 Å². The van der Waals surface area contributed by atoms with Crippen LogP contribution in [0.4, 0.5) is 5.82 Å². The molecule has 0 fully saturated rings. The van der Waals surface area contributed by atoms with Crippen LogP contribution in [0.25, 0.3) is 0 Å². The molecule has 0 unspecified atom stereocenters. The van der Waals surface area contributed by atoms with Crippen molar-refractivity contribution in [1.82, 2.24) is 4.98 Å². The summed E-state index contributed by atoms with van der Waals surface area (Å²) < 4.78 is 4.96. The summed E-state index contributed by atoms with van der Waals surface area (Å²) in [5, 5.41) is 11.8. The van der Waals surface area contributed by atoms with Crippen LogP contribution in [-0.2, 0) is 9.53 Å². The zero-order valence-corrected chi connectivity index (χ0v) is 10.8. The molecule has 1 aromatic heterocycles. The van der Waals surface area contributed by atoms with Gasteiger partial charge in [0.2, 0.25) is 0 Å². The molecule has 0 spiro atoms. The zero-order chi connectivity index (χ0) is 13.5. The first-order chi connectivity index (χ1) is 8.58. The number of nitrogens with zero attached hydrogens (tertiary/aromatic N) is 2. The molecule has 0 aliphatic rings. The maximum absolute atomic E-state index is 11.6. The number of pyridine rings is 1. The number of nitrogens with one attached hydrogen (secondary N) is 1. The molecule has 96 valence electrons. The summed E-state index contributed by atoms with van der Waals surface area (Å²) in [6, 6.07) is 6.98. The number of hydrogen-bond donors (Lipinski definition) is 1. The minimum absolute atomic E-state index is 0.120. The van der Waals surface area contributed by atoms with Crippen molar-refractivity contribution in [1.29, 1.82) is 5.26 Å². The van der Waals surface area contributed by atoms with E-state index in [-0.39, 0.29) is 17.9 Å². The second-order valence-electron chi connectivity index (χ2n) is 3.99. The van der Waals surface area contributed by atoms with E-state index < -0.39 is 0 Å². The number of esters is 1. The molecule has 0 radical (unpaired) electrons. The van der Waals surface area contributed by atoms with E-state index in [0.29, 0.717) is 18.1 Å². The second kappa shape index (κ2) is 6.60. The molecular weight excluding hydrogens is 230 g/mol. The van der Waals surface area contributed by atoms with E-state index >= 15 is 0 Å². The van der Waals surface area contributed by atoms with Crippen LogP contribution in [0, 0.1) is 17.2 Å². The number of anilines is 1. The fourth-order valence-corrected chi connectivity index (χ4v) is 1.41. The van der Waals surface area contributed by atoms with Crippen LogP contribution in [0.1, 0.15) is 26.5 Å². The molecule has 1 rings (SSSR count). The first kappa shape index (κ1) is 14.0. The molecule has 0 aliphatic carbocycles. The predicted octanol–water partition coefficient (Wildman–Crippen LogP) is 1.95. The van der Waals surface area contributed by atoms with E-state index in [0.717, 1.165) is 0 Å². The van der Waals surface area contributed by atoms with Gasteiger partial charge in [0.05, 0.1) is 12.5 Å². The van der Waals surface area contributed by atoms with Crippen molar-refractivity contribution >= 4 is 11.8 Å². The molecule has 0 bridgehead atoms. The van der Waals surface area contributed by atoms with Crippen molar-refractivity contribution in [3.8, 4) is 6.07 Å². The van der Waals surface area contributed by atoms with Crippen LogP contribution in [0.5, 0.6) is 0 Å². The summed E-state index contributed by atoms with van der Waals surface area (Å²) in [6.07, 6.45) is 0. The Hall–Kier alpha value is -2.09. The maximum atomic E-state index is 11.6. The SMILES string of the molecule is CCOC(=O)[C@H](C)[C@@H](C)Nc1cccc(C#N)n1. The lowest BCUT2D eigenvalue weighted by Gasteiger charge is -2.20. The fourth-order valence-electron chi connectivity index (χ4n) is 1.41. The predicted molar refractivity (Wildman–Crippen MR) is 67.8 cm³/mol. The average molecular weight is 247 g/mol. The van der Waals surface area contributed by atoms with Crippen LogP contribution in [0.3, 0.4) is 0 Å². The van der Waals surface area contributed by atoms with Crippen molar-refractivity contribution in [3.05, 3.63) is 23.9 Å². The lowest BCUT2D eigenvalue weighted by Crippen LogP contribution is -2.31. The van der Waals surface area contributed by atoms with E-state index in [1.165, 1.54) is 0 Å². The van der Waals surface area contributed by atoms with Crippen LogP contribution < -0.4 is 5.32 Å². The molecular formula is C13H17N3O2. The number of hydrogen-bond acceptors (Lipinski definition) is 5. The summed E-state index contributed by atoms with van der Waals surface area (Å²) in [4.78, 5) is 15.7. The highest BCUT2D eigenvalue weighted by Crippen LogP contribution is 2.12. The van der Waals surface area contributed by atoms with Crippen molar-refractivity contribution in [2.45, 2.75) is 26.8 Å². The van der Waals surface area contributed by atoms with Crippen molar-refractivity contribution in [2.24, 2.45) is 5.92 Å². The summed E-state index contributed by atoms with van der Waals surface area (Å²) in [5.74, 6) is 0.0594. The monoisotopic (exact) mass is 247 g/mol. The molecule has 0 aliphatic heterocycles. The van der Waals surface area contributed by atoms with Gasteiger partial charge < -0.3 is 10.1 Å². The molecule has 2 atom stereocenters. The molecule has 0 saturated heterocycles. The third kappa shape index (κ3) is 3.74. The minimum atomic E-state index is -0.280. The number of nitriles is 1. The Bertz CT molecular complexity index is 454. The molecule has 5 nitrogen and oxygen atoms in total. The smallest absolute Gasteiger partial charge is 0.310 e. The van der Waals surface area contributed by atoms with E-state index in [1.54, 1.807) is 32.0 Å². The average Bonchev–Trinajstić information content (AvgIpc) is 2.38. The van der Waals surface area contributed by atoms with Gasteiger partial charge >= 0.3 is 5.97 Å². The summed E-state index contributed by atoms with van der Waals surface area (Å²) in [6.45, 7) is 5.82. The highest BCUT2D eigenvalue weighted by Gasteiger charge is 2.21. The van der Waals surface area contributed by atoms with E-state index in [1.807, 2.05) is 13.0 Å². The van der Waals surface area contributed by atoms with Crippen LogP contribution >= 0.6 is 0 Å². The highest BCUT2D eigenvalue weighted by molar-refractivity contribution is 5.73. The van der Waals surface area contributed by atoms with Gasteiger partial charge in [-0.05, 0) is 32.9 Å². The highest BCUT2D eigenvalue weighted by atomic mass is 16.5. The number of ether oxygens (including phenoxy) is 1. The standard InChI is InChI=1S/C13H17N3O2/c1-4-18-13(17)9(2)10(3)15-12-7-5-6-11(8-14)16-12/h5-7,9-10H,4H2,1-3H3,(H,15,16)/t9-,10-/m1/s1. The first-order valence-electron chi connectivity index (χ1n) is 5.88. The normalized spacial score (nSPS) is 13.2. The van der Waals surface area contributed by atoms with Gasteiger partial charge in [-0.1, -0.05) is 6.07 Å². The number of carbonyl (C=O) groups excluding carboxylic acids is 1. The van der Waals surface area contributed by atoms with Gasteiger partial charge in [0.1, 0.15) is 17.6 Å². The Balaban J connectivity index is 2.66. The zero-order valence-electron chi connectivity index (χ0n) is 10.8. The quantitative estimate of drug-likeness (QED) is 0.805. The van der Waals surface area contributed by atoms with E-state index in [4.69, 9.17) is 10.00 Å². The van der Waals surface area contributed by atoms with Gasteiger partial charge in [-0.2, -0.15) is 5.26 Å². The second-order valence-corrected chi connectivity index (χ2v) is 3.99. The summed E-state index contributed by atoms with van der Waals surface area (Å²) in [5.41, 5.74) is 0.344. The number of aromatic nitrogens is 1. The Morgan fingerprint density at radius 1 is 1.56 bits per heavy atom. The minimum Gasteiger partial charge on any atom is -0.466 e. The van der Waals surface area contributed by atoms with Gasteiger partial charge in [0.25, 0.3) is 0 Å². The number of rotatable bonds is 5. The molecule has 0 amide bonds. The molecule has 5 heteroatoms. The largest absolute Gasteiger partial charge is 0.466 e. The van der Waals surface area contributed by atoms with Gasteiger partial charge in [-0.25, -0.2) is 4.98 Å². The van der Waals surface area contributed by atoms with Crippen LogP contribution in [-0.4, -0.2) is 23.6 Å². The molecule has 1 N–H and O–H groups in total. The van der Waals surface area contributed by atoms with Crippen molar-refractivity contribution in [2.75, 3.05) is 11.9 Å². The van der Waals surface area contributed by atoms with Crippen molar-refractivity contribution < 1.29 is 9.53 Å². The maximum Gasteiger partial charge on any atom is 0.310 e. The van der Waals surface area contributed by atoms with Gasteiger partial charge in [0.15, 0.2) is 0 Å². The third-order valence-electron chi connectivity index (χ3n) is 2.65. The molecule has 18 heavy (non-hydrogen) atoms. The molecule has 1 aromatic rings. The molecule has 0 aromatic carbocycles. The summed E-state index contributed by atoms with van der Waals surface area (Å²) >= 11 is 0.